The monoisotopic (exact) mass is 381 g/mol. The minimum absolute atomic E-state index is 0.190. The van der Waals surface area contributed by atoms with Gasteiger partial charge in [-0.1, -0.05) is 5.11 Å². The molecule has 10 heteroatoms. The molecule has 2 aromatic rings. The number of aromatic nitrogens is 2. The van der Waals surface area contributed by atoms with E-state index in [1.54, 1.807) is 0 Å². The third kappa shape index (κ3) is 5.35. The van der Waals surface area contributed by atoms with Crippen molar-refractivity contribution in [1.29, 1.82) is 0 Å². The van der Waals surface area contributed by atoms with Crippen molar-refractivity contribution in [3.8, 4) is 0 Å². The van der Waals surface area contributed by atoms with Gasteiger partial charge in [-0.05, 0) is 37.6 Å². The first-order chi connectivity index (χ1) is 12.2. The maximum Gasteiger partial charge on any atom is 0.421 e. The van der Waals surface area contributed by atoms with Crippen LogP contribution in [-0.4, -0.2) is 37.2 Å². The summed E-state index contributed by atoms with van der Waals surface area (Å²) in [7, 11) is -0.876. The van der Waals surface area contributed by atoms with Gasteiger partial charge in [0.25, 0.3) is 0 Å². The first kappa shape index (κ1) is 20.0. The lowest BCUT2D eigenvalue weighted by atomic mass is 10.1. The van der Waals surface area contributed by atoms with Crippen LogP contribution < -0.4 is 9.47 Å². The topological polar surface area (TPSA) is 103 Å². The molecule has 0 aliphatic carbocycles. The summed E-state index contributed by atoms with van der Waals surface area (Å²) in [5.41, 5.74) is 2.56. The van der Waals surface area contributed by atoms with Gasteiger partial charge in [0.1, 0.15) is 5.69 Å². The predicted molar refractivity (Wildman–Crippen MR) is 95.5 cm³/mol. The van der Waals surface area contributed by atoms with Gasteiger partial charge in [0, 0.05) is 23.9 Å². The summed E-state index contributed by atoms with van der Waals surface area (Å²) in [4.78, 5) is 1.91. The van der Waals surface area contributed by atoms with Crippen LogP contribution in [0.15, 0.2) is 40.8 Å². The first-order valence-corrected chi connectivity index (χ1v) is 9.43. The lowest BCUT2D eigenvalue weighted by Crippen LogP contribution is -2.28. The van der Waals surface area contributed by atoms with E-state index in [-0.39, 0.29) is 13.2 Å². The molecule has 0 aliphatic heterocycles. The second-order valence-corrected chi connectivity index (χ2v) is 6.85. The molecule has 0 atom stereocenters. The molecule has 9 nitrogen and oxygen atoms in total. The van der Waals surface area contributed by atoms with Gasteiger partial charge < -0.3 is 9.45 Å². The minimum atomic E-state index is -4.67. The zero-order valence-corrected chi connectivity index (χ0v) is 16.1. The summed E-state index contributed by atoms with van der Waals surface area (Å²) < 4.78 is 39.6. The molecule has 0 bridgehead atoms. The largest absolute Gasteiger partial charge is 0.726 e. The fraction of sp³-hybridized carbons (Fsp3) is 0.438. The number of benzene rings is 1. The summed E-state index contributed by atoms with van der Waals surface area (Å²) >= 11 is 0. The van der Waals surface area contributed by atoms with Gasteiger partial charge in [0.2, 0.25) is 10.4 Å². The number of aryl methyl sites for hydroxylation is 3. The third-order valence-corrected chi connectivity index (χ3v) is 4.36. The molecule has 0 saturated carbocycles. The Morgan fingerprint density at radius 3 is 2.62 bits per heavy atom. The molecule has 0 N–H and O–H groups in total. The van der Waals surface area contributed by atoms with Crippen LogP contribution in [0.2, 0.25) is 0 Å². The highest BCUT2D eigenvalue weighted by atomic mass is 32.3. The van der Waals surface area contributed by atoms with Crippen LogP contribution >= 0.6 is 0 Å². The lowest BCUT2D eigenvalue weighted by Gasteiger charge is -2.23. The number of hydrogen-bond acceptors (Lipinski definition) is 7. The molecule has 0 saturated heterocycles. The van der Waals surface area contributed by atoms with Crippen LogP contribution in [-0.2, 0) is 28.7 Å². The smallest absolute Gasteiger partial charge is 0.421 e. The van der Waals surface area contributed by atoms with Crippen LogP contribution in [0.5, 0.6) is 0 Å². The van der Waals surface area contributed by atoms with Crippen molar-refractivity contribution in [2.45, 2.75) is 13.8 Å². The maximum absolute atomic E-state index is 10.5. The van der Waals surface area contributed by atoms with E-state index in [0.717, 1.165) is 22.9 Å². The standard InChI is InChI=1S/C16H23N5O4S/c1-5-21(10-11-25-26(22,23)24)14-6-7-15(13(2)12-14)17-18-16-19(3)8-9-20(16)4/h6-9,12H,5,10-11H2,1-4H3. The molecule has 1 aromatic carbocycles. The van der Waals surface area contributed by atoms with Crippen LogP contribution in [0.3, 0.4) is 0 Å². The average Bonchev–Trinajstić information content (AvgIpc) is 2.88. The Balaban J connectivity index is 2.12. The highest BCUT2D eigenvalue weighted by Gasteiger charge is 2.12. The van der Waals surface area contributed by atoms with E-state index in [1.807, 2.05) is 72.6 Å². The van der Waals surface area contributed by atoms with Crippen molar-refractivity contribution < 1.29 is 21.7 Å². The van der Waals surface area contributed by atoms with E-state index in [1.165, 1.54) is 0 Å². The average molecular weight is 381 g/mol. The second-order valence-electron chi connectivity index (χ2n) is 5.80. The number of likely N-dealkylation sites (N-methyl/N-ethyl adjacent to an activating group) is 1. The Morgan fingerprint density at radius 2 is 2.08 bits per heavy atom. The van der Waals surface area contributed by atoms with E-state index in [4.69, 9.17) is 0 Å². The van der Waals surface area contributed by atoms with Gasteiger partial charge in [-0.15, -0.1) is 0 Å². The summed E-state index contributed by atoms with van der Waals surface area (Å²) in [6.07, 6.45) is 3.79. The number of imidazole rings is 1. The summed E-state index contributed by atoms with van der Waals surface area (Å²) in [6.45, 7) is 4.60. The van der Waals surface area contributed by atoms with E-state index in [2.05, 4.69) is 14.4 Å². The molecule has 0 unspecified atom stereocenters. The van der Waals surface area contributed by atoms with Crippen LogP contribution in [0, 0.1) is 6.92 Å². The molecule has 0 aliphatic rings. The quantitative estimate of drug-likeness (QED) is 0.301. The molecule has 0 radical (unpaired) electrons. The summed E-state index contributed by atoms with van der Waals surface area (Å²) in [5.74, 6) is 0.722. The van der Waals surface area contributed by atoms with Gasteiger partial charge in [-0.2, -0.15) is 0 Å². The van der Waals surface area contributed by atoms with Crippen molar-refractivity contribution in [3.63, 3.8) is 0 Å². The van der Waals surface area contributed by atoms with Gasteiger partial charge in [0.05, 0.1) is 33.1 Å². The Morgan fingerprint density at radius 1 is 1.35 bits per heavy atom. The van der Waals surface area contributed by atoms with Crippen molar-refractivity contribution in [3.05, 3.63) is 36.2 Å². The molecule has 1 aromatic heterocycles. The van der Waals surface area contributed by atoms with Crippen molar-refractivity contribution >= 4 is 27.7 Å². The number of anilines is 1. The number of azo groups is 1. The molecule has 0 fully saturated rings. The molecule has 142 valence electrons. The fourth-order valence-corrected chi connectivity index (χ4v) is 2.77. The normalized spacial score (nSPS) is 12.0. The van der Waals surface area contributed by atoms with E-state index < -0.39 is 10.4 Å². The summed E-state index contributed by atoms with van der Waals surface area (Å²) in [5, 5.41) is 8.59. The number of hydrogen-bond donors (Lipinski definition) is 0. The van der Waals surface area contributed by atoms with Crippen LogP contribution in [0.1, 0.15) is 12.5 Å². The van der Waals surface area contributed by atoms with Gasteiger partial charge in [-0.3, -0.25) is 4.18 Å². The Labute approximate surface area is 153 Å². The van der Waals surface area contributed by atoms with Crippen molar-refractivity contribution in [2.75, 3.05) is 24.6 Å². The molecule has 0 spiro atoms. The SMILES string of the molecule is CCN(CCOS(=O)(=O)[O-])c1ccc(N=Nc2n(C)cc[n+]2C)c(C)c1. The van der Waals surface area contributed by atoms with E-state index in [9.17, 15) is 13.0 Å². The van der Waals surface area contributed by atoms with Crippen molar-refractivity contribution in [1.82, 2.24) is 4.57 Å². The Hall–Kier alpha value is -2.30. The zero-order valence-electron chi connectivity index (χ0n) is 15.3. The maximum atomic E-state index is 10.5. The lowest BCUT2D eigenvalue weighted by molar-refractivity contribution is -0.657. The molecule has 2 rings (SSSR count). The highest BCUT2D eigenvalue weighted by molar-refractivity contribution is 7.80. The molecular formula is C16H23N5O4S. The van der Waals surface area contributed by atoms with Crippen molar-refractivity contribution in [2.24, 2.45) is 24.3 Å². The molecule has 0 amide bonds. The zero-order chi connectivity index (χ0) is 19.3. The highest BCUT2D eigenvalue weighted by Crippen LogP contribution is 2.26. The first-order valence-electron chi connectivity index (χ1n) is 8.10. The number of rotatable bonds is 8. The van der Waals surface area contributed by atoms with Gasteiger partial charge in [0.15, 0.2) is 0 Å². The molecule has 1 heterocycles. The number of nitrogens with zero attached hydrogens (tertiary/aromatic N) is 5. The van der Waals surface area contributed by atoms with Gasteiger partial charge in [-0.25, -0.2) is 17.6 Å². The third-order valence-electron chi connectivity index (χ3n) is 3.91. The van der Waals surface area contributed by atoms with Gasteiger partial charge >= 0.3 is 5.95 Å². The Bertz CT molecular complexity index is 873. The molecular weight excluding hydrogens is 358 g/mol. The fourth-order valence-electron chi connectivity index (χ4n) is 2.49. The summed E-state index contributed by atoms with van der Waals surface area (Å²) in [6, 6.07) is 5.67. The van der Waals surface area contributed by atoms with E-state index >= 15 is 0 Å². The van der Waals surface area contributed by atoms with E-state index in [0.29, 0.717) is 6.54 Å². The van der Waals surface area contributed by atoms with Crippen LogP contribution in [0.4, 0.5) is 17.3 Å². The minimum Gasteiger partial charge on any atom is -0.726 e. The van der Waals surface area contributed by atoms with Crippen LogP contribution in [0.25, 0.3) is 0 Å². The Kier molecular flexibility index (Phi) is 6.46. The second kappa shape index (κ2) is 8.39. The molecule has 26 heavy (non-hydrogen) atoms. The predicted octanol–water partition coefficient (Wildman–Crippen LogP) is 1.88.